The first-order valence-corrected chi connectivity index (χ1v) is 5.39. The Labute approximate surface area is 93.8 Å². The lowest BCUT2D eigenvalue weighted by Crippen LogP contribution is -2.27. The Morgan fingerprint density at radius 3 is 3.07 bits per heavy atom. The highest BCUT2D eigenvalue weighted by molar-refractivity contribution is 6.30. The minimum Gasteiger partial charge on any atom is -0.493 e. The Morgan fingerprint density at radius 1 is 1.53 bits per heavy atom. The van der Waals surface area contributed by atoms with Crippen LogP contribution in [0.3, 0.4) is 0 Å². The molecular weight excluding hydrogens is 214 g/mol. The van der Waals surface area contributed by atoms with Gasteiger partial charge in [-0.15, -0.1) is 0 Å². The second-order valence-corrected chi connectivity index (χ2v) is 4.23. The van der Waals surface area contributed by atoms with Crippen LogP contribution in [0.1, 0.15) is 11.1 Å². The molecule has 1 aliphatic heterocycles. The number of aliphatic hydroxyl groups is 1. The molecule has 1 unspecified atom stereocenters. The molecule has 0 saturated heterocycles. The molecule has 2 rings (SSSR count). The maximum absolute atomic E-state index is 8.92. The molecule has 0 radical (unpaired) electrons. The van der Waals surface area contributed by atoms with E-state index >= 15 is 0 Å². The predicted molar refractivity (Wildman–Crippen MR) is 59.4 cm³/mol. The summed E-state index contributed by atoms with van der Waals surface area (Å²) in [5, 5.41) is 9.62. The lowest BCUT2D eigenvalue weighted by Gasteiger charge is -2.12. The number of aliphatic hydroxyl groups excluding tert-OH is 1. The van der Waals surface area contributed by atoms with Crippen LogP contribution in [-0.4, -0.2) is 24.4 Å². The van der Waals surface area contributed by atoms with Crippen molar-refractivity contribution in [3.63, 3.8) is 0 Å². The van der Waals surface area contributed by atoms with E-state index < -0.39 is 0 Å². The van der Waals surface area contributed by atoms with Gasteiger partial charge in [0.1, 0.15) is 5.75 Å². The number of nitrogens with two attached hydrogens (primary N) is 1. The van der Waals surface area contributed by atoms with Crippen LogP contribution in [-0.2, 0) is 12.8 Å². The molecule has 3 N–H and O–H groups in total. The fourth-order valence-electron chi connectivity index (χ4n) is 1.84. The second-order valence-electron chi connectivity index (χ2n) is 3.80. The summed E-state index contributed by atoms with van der Waals surface area (Å²) in [5.74, 6) is 0.906. The smallest absolute Gasteiger partial charge is 0.125 e. The third-order valence-corrected chi connectivity index (χ3v) is 2.76. The highest BCUT2D eigenvalue weighted by Crippen LogP contribution is 2.33. The maximum Gasteiger partial charge on any atom is 0.125 e. The number of benzene rings is 1. The maximum atomic E-state index is 8.92. The van der Waals surface area contributed by atoms with E-state index in [1.54, 1.807) is 0 Å². The summed E-state index contributed by atoms with van der Waals surface area (Å²) in [7, 11) is 0. The van der Waals surface area contributed by atoms with Gasteiger partial charge in [0.25, 0.3) is 0 Å². The monoisotopic (exact) mass is 227 g/mol. The van der Waals surface area contributed by atoms with Crippen LogP contribution in [0.2, 0.25) is 5.02 Å². The third-order valence-electron chi connectivity index (χ3n) is 2.54. The Balaban J connectivity index is 2.30. The molecular formula is C11H14ClNO2. The lowest BCUT2D eigenvalue weighted by atomic mass is 10.0. The van der Waals surface area contributed by atoms with E-state index in [0.717, 1.165) is 23.3 Å². The van der Waals surface area contributed by atoms with Crippen molar-refractivity contribution in [2.75, 3.05) is 13.2 Å². The van der Waals surface area contributed by atoms with Crippen LogP contribution in [0.4, 0.5) is 0 Å². The topological polar surface area (TPSA) is 55.5 Å². The average molecular weight is 228 g/mol. The highest BCUT2D eigenvalue weighted by Gasteiger charge is 2.18. The van der Waals surface area contributed by atoms with E-state index in [2.05, 4.69) is 0 Å². The largest absolute Gasteiger partial charge is 0.493 e. The molecule has 82 valence electrons. The molecule has 0 fully saturated rings. The van der Waals surface area contributed by atoms with E-state index in [4.69, 9.17) is 27.2 Å². The van der Waals surface area contributed by atoms with Crippen molar-refractivity contribution in [2.24, 2.45) is 5.73 Å². The third kappa shape index (κ3) is 2.25. The zero-order valence-corrected chi connectivity index (χ0v) is 9.13. The van der Waals surface area contributed by atoms with Crippen molar-refractivity contribution in [2.45, 2.75) is 18.9 Å². The average Bonchev–Trinajstić information content (AvgIpc) is 2.65. The Bertz CT molecular complexity index is 368. The van der Waals surface area contributed by atoms with Crippen LogP contribution in [0.25, 0.3) is 0 Å². The molecule has 1 aromatic carbocycles. The summed E-state index contributed by atoms with van der Waals surface area (Å²) >= 11 is 6.00. The van der Waals surface area contributed by atoms with Crippen molar-refractivity contribution in [1.29, 1.82) is 0 Å². The van der Waals surface area contributed by atoms with Crippen molar-refractivity contribution in [3.05, 3.63) is 28.3 Å². The van der Waals surface area contributed by atoms with Crippen molar-refractivity contribution >= 4 is 11.6 Å². The van der Waals surface area contributed by atoms with Crippen molar-refractivity contribution < 1.29 is 9.84 Å². The lowest BCUT2D eigenvalue weighted by molar-refractivity contribution is 0.264. The predicted octanol–water partition coefficient (Wildman–Crippen LogP) is 1.14. The van der Waals surface area contributed by atoms with Gasteiger partial charge < -0.3 is 15.6 Å². The van der Waals surface area contributed by atoms with E-state index in [-0.39, 0.29) is 12.6 Å². The first-order valence-electron chi connectivity index (χ1n) is 5.01. The van der Waals surface area contributed by atoms with E-state index in [1.807, 2.05) is 12.1 Å². The first-order chi connectivity index (χ1) is 7.20. The number of hydrogen-bond acceptors (Lipinski definition) is 3. The van der Waals surface area contributed by atoms with Crippen LogP contribution >= 0.6 is 11.6 Å². The van der Waals surface area contributed by atoms with E-state index in [1.165, 1.54) is 0 Å². The highest BCUT2D eigenvalue weighted by atomic mass is 35.5. The summed E-state index contributed by atoms with van der Waals surface area (Å²) < 4.78 is 5.53. The second kappa shape index (κ2) is 4.39. The molecule has 1 aliphatic rings. The molecule has 0 bridgehead atoms. The molecule has 4 heteroatoms. The molecule has 3 nitrogen and oxygen atoms in total. The zero-order valence-electron chi connectivity index (χ0n) is 8.37. The summed E-state index contributed by atoms with van der Waals surface area (Å²) in [6.45, 7) is 0.679. The molecule has 0 saturated carbocycles. The molecule has 0 spiro atoms. The molecule has 15 heavy (non-hydrogen) atoms. The molecule has 1 aromatic rings. The van der Waals surface area contributed by atoms with Gasteiger partial charge in [0.15, 0.2) is 0 Å². The first kappa shape index (κ1) is 10.7. The number of halogens is 1. The minimum absolute atomic E-state index is 0.0265. The summed E-state index contributed by atoms with van der Waals surface area (Å²) in [4.78, 5) is 0. The Kier molecular flexibility index (Phi) is 3.14. The van der Waals surface area contributed by atoms with Crippen LogP contribution in [0.5, 0.6) is 5.75 Å². The van der Waals surface area contributed by atoms with Gasteiger partial charge in [0.2, 0.25) is 0 Å². The summed E-state index contributed by atoms with van der Waals surface area (Å²) in [6.07, 6.45) is 1.50. The van der Waals surface area contributed by atoms with Crippen LogP contribution in [0, 0.1) is 0 Å². The standard InChI is InChI=1S/C11H14ClNO2/c12-9-3-7-1-2-15-11(7)8(4-9)5-10(13)6-14/h3-4,10,14H,1-2,5-6,13H2. The van der Waals surface area contributed by atoms with Crippen molar-refractivity contribution in [3.8, 4) is 5.75 Å². The van der Waals surface area contributed by atoms with Gasteiger partial charge in [-0.1, -0.05) is 11.6 Å². The summed E-state index contributed by atoms with van der Waals surface area (Å²) in [6, 6.07) is 3.54. The SMILES string of the molecule is NC(CO)Cc1cc(Cl)cc2c1OCC2. The fourth-order valence-corrected chi connectivity index (χ4v) is 2.11. The number of fused-ring (bicyclic) bond motifs is 1. The molecule has 1 heterocycles. The Hall–Kier alpha value is -0.770. The molecule has 1 atom stereocenters. The van der Waals surface area contributed by atoms with Gasteiger partial charge in [0.05, 0.1) is 13.2 Å². The van der Waals surface area contributed by atoms with Crippen LogP contribution < -0.4 is 10.5 Å². The van der Waals surface area contributed by atoms with Crippen molar-refractivity contribution in [1.82, 2.24) is 0 Å². The number of hydrogen-bond donors (Lipinski definition) is 2. The normalized spacial score (nSPS) is 15.9. The quantitative estimate of drug-likeness (QED) is 0.814. The number of rotatable bonds is 3. The van der Waals surface area contributed by atoms with Gasteiger partial charge in [-0.2, -0.15) is 0 Å². The zero-order chi connectivity index (χ0) is 10.8. The van der Waals surface area contributed by atoms with Gasteiger partial charge in [-0.3, -0.25) is 0 Å². The van der Waals surface area contributed by atoms with E-state index in [9.17, 15) is 0 Å². The van der Waals surface area contributed by atoms with Gasteiger partial charge in [0, 0.05) is 17.5 Å². The van der Waals surface area contributed by atoms with Gasteiger partial charge in [-0.05, 0) is 29.7 Å². The minimum atomic E-state index is -0.253. The number of ether oxygens (including phenoxy) is 1. The van der Waals surface area contributed by atoms with Gasteiger partial charge in [-0.25, -0.2) is 0 Å². The Morgan fingerprint density at radius 2 is 2.33 bits per heavy atom. The molecule has 0 amide bonds. The fraction of sp³-hybridized carbons (Fsp3) is 0.455. The molecule has 0 aliphatic carbocycles. The van der Waals surface area contributed by atoms with Crippen LogP contribution in [0.15, 0.2) is 12.1 Å². The van der Waals surface area contributed by atoms with Gasteiger partial charge >= 0.3 is 0 Å². The molecule has 0 aromatic heterocycles. The summed E-state index contributed by atoms with van der Waals surface area (Å²) in [5.41, 5.74) is 7.84. The van der Waals surface area contributed by atoms with E-state index in [0.29, 0.717) is 18.1 Å².